The van der Waals surface area contributed by atoms with Crippen LogP contribution in [0.5, 0.6) is 0 Å². The summed E-state index contributed by atoms with van der Waals surface area (Å²) in [5.74, 6) is -0.665. The summed E-state index contributed by atoms with van der Waals surface area (Å²) in [6.45, 7) is 3.31. The van der Waals surface area contributed by atoms with Gasteiger partial charge in [-0.3, -0.25) is 4.79 Å². The molecule has 0 atom stereocenters. The summed E-state index contributed by atoms with van der Waals surface area (Å²) in [5, 5.41) is 11.4. The molecule has 17 heavy (non-hydrogen) atoms. The summed E-state index contributed by atoms with van der Waals surface area (Å²) in [4.78, 5) is 22.2. The van der Waals surface area contributed by atoms with Gasteiger partial charge in [-0.05, 0) is 26.0 Å². The van der Waals surface area contributed by atoms with E-state index in [0.29, 0.717) is 13.0 Å². The molecule has 1 aromatic heterocycles. The van der Waals surface area contributed by atoms with Crippen molar-refractivity contribution in [2.75, 3.05) is 6.54 Å². The molecule has 0 saturated heterocycles. The molecule has 1 amide bonds. The zero-order valence-electron chi connectivity index (χ0n) is 9.82. The number of carboxylic acid groups (broad SMARTS) is 1. The Hall–Kier alpha value is -2.04. The van der Waals surface area contributed by atoms with Crippen molar-refractivity contribution in [1.82, 2.24) is 5.32 Å². The van der Waals surface area contributed by atoms with Gasteiger partial charge >= 0.3 is 5.97 Å². The Kier molecular flexibility index (Phi) is 4.51. The lowest BCUT2D eigenvalue weighted by molar-refractivity contribution is -0.133. The van der Waals surface area contributed by atoms with Crippen molar-refractivity contribution in [1.29, 1.82) is 0 Å². The van der Waals surface area contributed by atoms with E-state index >= 15 is 0 Å². The first kappa shape index (κ1) is 13.0. The molecule has 92 valence electrons. The Morgan fingerprint density at radius 3 is 2.59 bits per heavy atom. The molecule has 5 heteroatoms. The number of amides is 1. The Bertz CT molecular complexity index is 431. The van der Waals surface area contributed by atoms with Gasteiger partial charge in [0.2, 0.25) is 5.91 Å². The van der Waals surface area contributed by atoms with Gasteiger partial charge in [-0.15, -0.1) is 0 Å². The normalized spacial score (nSPS) is 11.9. The Balaban J connectivity index is 2.45. The highest BCUT2D eigenvalue weighted by atomic mass is 16.4. The summed E-state index contributed by atoms with van der Waals surface area (Å²) < 4.78 is 5.10. The van der Waals surface area contributed by atoms with E-state index in [9.17, 15) is 9.59 Å². The molecule has 0 fully saturated rings. The van der Waals surface area contributed by atoms with E-state index in [0.717, 1.165) is 5.76 Å². The Labute approximate surface area is 99.1 Å². The fraction of sp³-hybridized carbons (Fsp3) is 0.333. The summed E-state index contributed by atoms with van der Waals surface area (Å²) in [7, 11) is 0. The van der Waals surface area contributed by atoms with Gasteiger partial charge in [0.05, 0.1) is 6.26 Å². The van der Waals surface area contributed by atoms with E-state index in [2.05, 4.69) is 5.32 Å². The summed E-state index contributed by atoms with van der Waals surface area (Å²) in [6, 6.07) is 3.59. The molecule has 0 unspecified atom stereocenters. The molecule has 5 nitrogen and oxygen atoms in total. The zero-order chi connectivity index (χ0) is 12.8. The van der Waals surface area contributed by atoms with Crippen LogP contribution in [0.1, 0.15) is 19.6 Å². The van der Waals surface area contributed by atoms with Gasteiger partial charge < -0.3 is 14.8 Å². The maximum absolute atomic E-state index is 11.6. The summed E-state index contributed by atoms with van der Waals surface area (Å²) >= 11 is 0. The number of hydrogen-bond acceptors (Lipinski definition) is 3. The number of nitrogens with one attached hydrogen (secondary N) is 1. The van der Waals surface area contributed by atoms with E-state index in [1.807, 2.05) is 6.07 Å². The molecule has 0 radical (unpaired) electrons. The highest BCUT2D eigenvalue weighted by Gasteiger charge is 2.11. The fourth-order valence-electron chi connectivity index (χ4n) is 1.22. The second-order valence-electron chi connectivity index (χ2n) is 3.64. The SMILES string of the molecule is CC(C(=O)O)=C(C)C(=O)NCCc1ccco1. The van der Waals surface area contributed by atoms with Crippen LogP contribution in [-0.2, 0) is 16.0 Å². The lowest BCUT2D eigenvalue weighted by Crippen LogP contribution is -2.27. The monoisotopic (exact) mass is 237 g/mol. The first-order valence-electron chi connectivity index (χ1n) is 5.23. The van der Waals surface area contributed by atoms with Gasteiger partial charge in [0, 0.05) is 24.1 Å². The smallest absolute Gasteiger partial charge is 0.331 e. The number of carbonyl (C=O) groups excluding carboxylic acids is 1. The van der Waals surface area contributed by atoms with Gasteiger partial charge in [-0.1, -0.05) is 0 Å². The minimum Gasteiger partial charge on any atom is -0.478 e. The fourth-order valence-corrected chi connectivity index (χ4v) is 1.22. The number of carbonyl (C=O) groups is 2. The van der Waals surface area contributed by atoms with Crippen LogP contribution in [0.2, 0.25) is 0 Å². The van der Waals surface area contributed by atoms with Gasteiger partial charge in [-0.25, -0.2) is 4.79 Å². The van der Waals surface area contributed by atoms with Crippen LogP contribution in [0.15, 0.2) is 34.0 Å². The van der Waals surface area contributed by atoms with E-state index in [1.54, 1.807) is 12.3 Å². The van der Waals surface area contributed by atoms with E-state index in [4.69, 9.17) is 9.52 Å². The van der Waals surface area contributed by atoms with E-state index < -0.39 is 5.97 Å². The molecule has 1 aromatic rings. The third kappa shape index (κ3) is 3.79. The van der Waals surface area contributed by atoms with Crippen LogP contribution in [0, 0.1) is 0 Å². The molecule has 0 aliphatic heterocycles. The average Bonchev–Trinajstić information content (AvgIpc) is 2.79. The molecule has 0 spiro atoms. The number of hydrogen-bond donors (Lipinski definition) is 2. The second-order valence-corrected chi connectivity index (χ2v) is 3.64. The third-order valence-electron chi connectivity index (χ3n) is 2.46. The molecule has 0 bridgehead atoms. The van der Waals surface area contributed by atoms with Crippen LogP contribution < -0.4 is 5.32 Å². The number of furan rings is 1. The topological polar surface area (TPSA) is 79.5 Å². The van der Waals surface area contributed by atoms with Crippen LogP contribution in [0.25, 0.3) is 0 Å². The molecular weight excluding hydrogens is 222 g/mol. The lowest BCUT2D eigenvalue weighted by atomic mass is 10.1. The third-order valence-corrected chi connectivity index (χ3v) is 2.46. The van der Waals surface area contributed by atoms with Crippen LogP contribution >= 0.6 is 0 Å². The van der Waals surface area contributed by atoms with E-state index in [1.165, 1.54) is 13.8 Å². The molecule has 0 aliphatic rings. The molecular formula is C12H15NO4. The van der Waals surface area contributed by atoms with Crippen molar-refractivity contribution in [3.05, 3.63) is 35.3 Å². The maximum atomic E-state index is 11.6. The van der Waals surface area contributed by atoms with E-state index in [-0.39, 0.29) is 17.1 Å². The highest BCUT2D eigenvalue weighted by molar-refractivity contribution is 6.01. The van der Waals surface area contributed by atoms with Crippen LogP contribution in [0.4, 0.5) is 0 Å². The summed E-state index contributed by atoms with van der Waals surface area (Å²) in [5.41, 5.74) is 0.275. The molecule has 1 heterocycles. The predicted molar refractivity (Wildman–Crippen MR) is 61.4 cm³/mol. The van der Waals surface area contributed by atoms with Crippen LogP contribution in [0.3, 0.4) is 0 Å². The minimum absolute atomic E-state index is 0.0560. The standard InChI is InChI=1S/C12H15NO4/c1-8(9(2)12(15)16)11(14)13-6-5-10-4-3-7-17-10/h3-4,7H,5-6H2,1-2H3,(H,13,14)(H,15,16). The van der Waals surface area contributed by atoms with Crippen molar-refractivity contribution in [2.45, 2.75) is 20.3 Å². The van der Waals surface area contributed by atoms with Crippen molar-refractivity contribution < 1.29 is 19.1 Å². The van der Waals surface area contributed by atoms with Crippen molar-refractivity contribution in [3.63, 3.8) is 0 Å². The first-order chi connectivity index (χ1) is 8.02. The average molecular weight is 237 g/mol. The van der Waals surface area contributed by atoms with Crippen molar-refractivity contribution >= 4 is 11.9 Å². The zero-order valence-corrected chi connectivity index (χ0v) is 9.82. The molecule has 2 N–H and O–H groups in total. The second kappa shape index (κ2) is 5.89. The van der Waals surface area contributed by atoms with Crippen molar-refractivity contribution in [2.24, 2.45) is 0 Å². The summed E-state index contributed by atoms with van der Waals surface area (Å²) in [6.07, 6.45) is 2.15. The van der Waals surface area contributed by atoms with Gasteiger partial charge in [0.15, 0.2) is 0 Å². The number of aliphatic carboxylic acids is 1. The van der Waals surface area contributed by atoms with Gasteiger partial charge in [0.1, 0.15) is 5.76 Å². The molecule has 0 aromatic carbocycles. The maximum Gasteiger partial charge on any atom is 0.331 e. The van der Waals surface area contributed by atoms with Gasteiger partial charge in [-0.2, -0.15) is 0 Å². The molecule has 0 saturated carbocycles. The molecule has 1 rings (SSSR count). The number of carboxylic acids is 1. The largest absolute Gasteiger partial charge is 0.478 e. The van der Waals surface area contributed by atoms with Gasteiger partial charge in [0.25, 0.3) is 0 Å². The quantitative estimate of drug-likeness (QED) is 0.758. The Morgan fingerprint density at radius 2 is 2.06 bits per heavy atom. The van der Waals surface area contributed by atoms with Crippen molar-refractivity contribution in [3.8, 4) is 0 Å². The Morgan fingerprint density at radius 1 is 1.35 bits per heavy atom. The van der Waals surface area contributed by atoms with Crippen LogP contribution in [-0.4, -0.2) is 23.5 Å². The predicted octanol–water partition coefficient (Wildman–Crippen LogP) is 1.36. The number of rotatable bonds is 5. The molecule has 0 aliphatic carbocycles. The minimum atomic E-state index is -1.08. The lowest BCUT2D eigenvalue weighted by Gasteiger charge is -2.05. The first-order valence-corrected chi connectivity index (χ1v) is 5.23. The highest BCUT2D eigenvalue weighted by Crippen LogP contribution is 2.04.